The van der Waals surface area contributed by atoms with Crippen LogP contribution in [0.3, 0.4) is 0 Å². The summed E-state index contributed by atoms with van der Waals surface area (Å²) in [5, 5.41) is 9.66. The highest BCUT2D eigenvalue weighted by Gasteiger charge is 2.38. The Morgan fingerprint density at radius 2 is 2.12 bits per heavy atom. The van der Waals surface area contributed by atoms with Gasteiger partial charge in [-0.3, -0.25) is 4.79 Å². The highest BCUT2D eigenvalue weighted by atomic mass is 16.4. The second-order valence-corrected chi connectivity index (χ2v) is 7.11. The number of benzene rings is 1. The average molecular weight is 336 g/mol. The van der Waals surface area contributed by atoms with Crippen LogP contribution in [0.4, 0.5) is 0 Å². The first kappa shape index (κ1) is 14.7. The van der Waals surface area contributed by atoms with Crippen molar-refractivity contribution in [3.8, 4) is 0 Å². The highest BCUT2D eigenvalue weighted by Crippen LogP contribution is 2.35. The Balaban J connectivity index is 1.30. The zero-order valence-corrected chi connectivity index (χ0v) is 13.9. The molecule has 0 bridgehead atoms. The molecular weight excluding hydrogens is 316 g/mol. The van der Waals surface area contributed by atoms with E-state index in [1.165, 1.54) is 5.39 Å². The first-order valence-electron chi connectivity index (χ1n) is 8.94. The Kier molecular flexibility index (Phi) is 3.36. The molecule has 1 N–H and O–H groups in total. The predicted octanol–water partition coefficient (Wildman–Crippen LogP) is 2.87. The lowest BCUT2D eigenvalue weighted by Crippen LogP contribution is -2.29. The van der Waals surface area contributed by atoms with Gasteiger partial charge in [0.2, 0.25) is 17.7 Å². The summed E-state index contributed by atoms with van der Waals surface area (Å²) >= 11 is 0. The van der Waals surface area contributed by atoms with E-state index in [1.54, 1.807) is 0 Å². The number of rotatable bonds is 4. The second kappa shape index (κ2) is 5.72. The van der Waals surface area contributed by atoms with Crippen LogP contribution in [0.5, 0.6) is 0 Å². The molecular formula is C19H20N4O2. The monoisotopic (exact) mass is 336 g/mol. The van der Waals surface area contributed by atoms with Gasteiger partial charge in [-0.1, -0.05) is 18.2 Å². The summed E-state index contributed by atoms with van der Waals surface area (Å²) in [5.41, 5.74) is 2.27. The minimum absolute atomic E-state index is 0.173. The zero-order chi connectivity index (χ0) is 16.8. The van der Waals surface area contributed by atoms with Crippen molar-refractivity contribution in [2.45, 2.75) is 31.6 Å². The van der Waals surface area contributed by atoms with Crippen molar-refractivity contribution in [2.75, 3.05) is 13.1 Å². The molecule has 128 valence electrons. The Bertz CT molecular complexity index is 924. The Morgan fingerprint density at radius 3 is 3.00 bits per heavy atom. The van der Waals surface area contributed by atoms with Crippen LogP contribution in [0.1, 0.15) is 42.5 Å². The summed E-state index contributed by atoms with van der Waals surface area (Å²) in [5.74, 6) is 2.06. The number of carbonyl (C=O) groups is 1. The van der Waals surface area contributed by atoms with E-state index in [4.69, 9.17) is 4.42 Å². The van der Waals surface area contributed by atoms with E-state index in [0.29, 0.717) is 30.7 Å². The van der Waals surface area contributed by atoms with Gasteiger partial charge in [-0.15, -0.1) is 10.2 Å². The SMILES string of the molecule is O=C(C1CC1)N1CC[C@H](c2nnc(Cc3c[nH]c4ccccc34)o2)C1. The molecule has 0 unspecified atom stereocenters. The summed E-state index contributed by atoms with van der Waals surface area (Å²) in [7, 11) is 0. The number of carbonyl (C=O) groups excluding carboxylic acids is 1. The number of para-hydroxylation sites is 1. The van der Waals surface area contributed by atoms with Crippen molar-refractivity contribution >= 4 is 16.8 Å². The highest BCUT2D eigenvalue weighted by molar-refractivity contribution is 5.83. The quantitative estimate of drug-likeness (QED) is 0.795. The van der Waals surface area contributed by atoms with Crippen LogP contribution in [-0.2, 0) is 11.2 Å². The molecule has 1 amide bonds. The minimum Gasteiger partial charge on any atom is -0.425 e. The van der Waals surface area contributed by atoms with Crippen molar-refractivity contribution in [2.24, 2.45) is 5.92 Å². The molecule has 6 nitrogen and oxygen atoms in total. The van der Waals surface area contributed by atoms with Gasteiger partial charge in [0.1, 0.15) is 0 Å². The predicted molar refractivity (Wildman–Crippen MR) is 92.1 cm³/mol. The molecule has 0 spiro atoms. The molecule has 1 saturated carbocycles. The summed E-state index contributed by atoms with van der Waals surface area (Å²) in [4.78, 5) is 17.4. The summed E-state index contributed by atoms with van der Waals surface area (Å²) in [6.07, 6.45) is 5.63. The number of nitrogens with one attached hydrogen (secondary N) is 1. The normalized spacial score (nSPS) is 20.5. The standard InChI is InChI=1S/C19H20N4O2/c24-19(12-5-6-12)23-8-7-13(11-23)18-22-21-17(25-18)9-14-10-20-16-4-2-1-3-15(14)16/h1-4,10,12-13,20H,5-9,11H2/t13-/m0/s1. The van der Waals surface area contributed by atoms with Crippen LogP contribution in [0.25, 0.3) is 10.9 Å². The number of likely N-dealkylation sites (tertiary alicyclic amines) is 1. The lowest BCUT2D eigenvalue weighted by molar-refractivity contribution is -0.131. The molecule has 1 aliphatic heterocycles. The number of nitrogens with zero attached hydrogens (tertiary/aromatic N) is 3. The van der Waals surface area contributed by atoms with Gasteiger partial charge in [-0.25, -0.2) is 0 Å². The van der Waals surface area contributed by atoms with E-state index in [1.807, 2.05) is 23.2 Å². The first-order valence-corrected chi connectivity index (χ1v) is 8.94. The molecule has 6 heteroatoms. The molecule has 2 aliphatic rings. The molecule has 0 radical (unpaired) electrons. The molecule has 25 heavy (non-hydrogen) atoms. The number of aromatic amines is 1. The number of H-pyrrole nitrogens is 1. The fraction of sp³-hybridized carbons (Fsp3) is 0.421. The molecule has 3 aromatic rings. The van der Waals surface area contributed by atoms with E-state index in [-0.39, 0.29) is 11.8 Å². The van der Waals surface area contributed by atoms with Crippen LogP contribution in [0, 0.1) is 5.92 Å². The van der Waals surface area contributed by atoms with Gasteiger partial charge in [0.05, 0.1) is 12.3 Å². The fourth-order valence-corrected chi connectivity index (χ4v) is 3.69. The Labute approximate surface area is 145 Å². The molecule has 3 heterocycles. The third kappa shape index (κ3) is 2.71. The van der Waals surface area contributed by atoms with Gasteiger partial charge >= 0.3 is 0 Å². The maximum atomic E-state index is 12.2. The topological polar surface area (TPSA) is 75.0 Å². The van der Waals surface area contributed by atoms with Crippen LogP contribution in [0.15, 0.2) is 34.9 Å². The number of aromatic nitrogens is 3. The second-order valence-electron chi connectivity index (χ2n) is 7.11. The van der Waals surface area contributed by atoms with Gasteiger partial charge in [-0.05, 0) is 30.9 Å². The van der Waals surface area contributed by atoms with E-state index in [9.17, 15) is 4.79 Å². The maximum absolute atomic E-state index is 12.2. The third-order valence-electron chi connectivity index (χ3n) is 5.27. The number of fused-ring (bicyclic) bond motifs is 1. The van der Waals surface area contributed by atoms with Gasteiger partial charge in [0, 0.05) is 36.1 Å². The van der Waals surface area contributed by atoms with Crippen molar-refractivity contribution in [3.05, 3.63) is 47.8 Å². The maximum Gasteiger partial charge on any atom is 0.225 e. The first-order chi connectivity index (χ1) is 12.3. The summed E-state index contributed by atoms with van der Waals surface area (Å²) in [6, 6.07) is 8.20. The summed E-state index contributed by atoms with van der Waals surface area (Å²) < 4.78 is 5.92. The van der Waals surface area contributed by atoms with Crippen molar-refractivity contribution in [1.29, 1.82) is 0 Å². The molecule has 1 aromatic carbocycles. The van der Waals surface area contributed by atoms with Gasteiger partial charge in [0.15, 0.2) is 0 Å². The molecule has 5 rings (SSSR count). The smallest absolute Gasteiger partial charge is 0.225 e. The average Bonchev–Trinajstić information content (AvgIpc) is 3.04. The fourth-order valence-electron chi connectivity index (χ4n) is 3.69. The number of hydrogen-bond donors (Lipinski definition) is 1. The van der Waals surface area contributed by atoms with Gasteiger partial charge in [-0.2, -0.15) is 0 Å². The minimum atomic E-state index is 0.173. The lowest BCUT2D eigenvalue weighted by atomic mass is 10.1. The largest absolute Gasteiger partial charge is 0.425 e. The summed E-state index contributed by atoms with van der Waals surface area (Å²) in [6.45, 7) is 1.52. The number of amides is 1. The van der Waals surface area contributed by atoms with E-state index >= 15 is 0 Å². The van der Waals surface area contributed by atoms with E-state index < -0.39 is 0 Å². The molecule has 1 aliphatic carbocycles. The third-order valence-corrected chi connectivity index (χ3v) is 5.27. The Hall–Kier alpha value is -2.63. The number of hydrogen-bond acceptors (Lipinski definition) is 4. The molecule has 1 saturated heterocycles. The Morgan fingerprint density at radius 1 is 1.24 bits per heavy atom. The molecule has 2 aromatic heterocycles. The van der Waals surface area contributed by atoms with Crippen LogP contribution in [-0.4, -0.2) is 39.1 Å². The van der Waals surface area contributed by atoms with Crippen molar-refractivity contribution in [1.82, 2.24) is 20.1 Å². The van der Waals surface area contributed by atoms with Gasteiger partial charge < -0.3 is 14.3 Å². The molecule has 1 atom stereocenters. The van der Waals surface area contributed by atoms with E-state index in [2.05, 4.69) is 27.3 Å². The van der Waals surface area contributed by atoms with E-state index in [0.717, 1.165) is 36.9 Å². The van der Waals surface area contributed by atoms with Crippen molar-refractivity contribution in [3.63, 3.8) is 0 Å². The zero-order valence-electron chi connectivity index (χ0n) is 13.9. The van der Waals surface area contributed by atoms with Crippen molar-refractivity contribution < 1.29 is 9.21 Å². The van der Waals surface area contributed by atoms with Crippen LogP contribution < -0.4 is 0 Å². The van der Waals surface area contributed by atoms with Crippen LogP contribution in [0.2, 0.25) is 0 Å². The van der Waals surface area contributed by atoms with Gasteiger partial charge in [0.25, 0.3) is 0 Å². The lowest BCUT2D eigenvalue weighted by Gasteiger charge is -2.14. The molecule has 2 fully saturated rings. The van der Waals surface area contributed by atoms with Crippen LogP contribution >= 0.6 is 0 Å².